The van der Waals surface area contributed by atoms with Crippen LogP contribution in [0.2, 0.25) is 0 Å². The van der Waals surface area contributed by atoms with Crippen LogP contribution in [0.25, 0.3) is 50.4 Å². The van der Waals surface area contributed by atoms with E-state index in [1.807, 2.05) is 18.0 Å². The van der Waals surface area contributed by atoms with Crippen LogP contribution in [0.3, 0.4) is 0 Å². The summed E-state index contributed by atoms with van der Waals surface area (Å²) in [6.45, 7) is 0. The van der Waals surface area contributed by atoms with Crippen molar-refractivity contribution in [2.75, 3.05) is 5.75 Å². The van der Waals surface area contributed by atoms with Gasteiger partial charge in [0.25, 0.3) is 0 Å². The predicted octanol–water partition coefficient (Wildman–Crippen LogP) is 8.96. The molecule has 0 N–H and O–H groups in total. The van der Waals surface area contributed by atoms with E-state index in [1.165, 1.54) is 47.1 Å². The van der Waals surface area contributed by atoms with Gasteiger partial charge in [-0.25, -0.2) is 0 Å². The summed E-state index contributed by atoms with van der Waals surface area (Å²) in [6, 6.07) is 32.8. The zero-order valence-corrected chi connectivity index (χ0v) is 20.8. The number of hydrogen-bond acceptors (Lipinski definition) is 2. The molecule has 158 valence electrons. The molecule has 0 spiro atoms. The Morgan fingerprint density at radius 1 is 0.697 bits per heavy atom. The Morgan fingerprint density at radius 2 is 1.39 bits per heavy atom. The molecular weight excluding hydrogens is 533 g/mol. The summed E-state index contributed by atoms with van der Waals surface area (Å²) in [5, 5.41) is 2.49. The molecule has 3 heteroatoms. The van der Waals surface area contributed by atoms with E-state index < -0.39 is 0 Å². The van der Waals surface area contributed by atoms with Gasteiger partial charge in [-0.05, 0) is 85.9 Å². The first kappa shape index (κ1) is 20.7. The van der Waals surface area contributed by atoms with Crippen molar-refractivity contribution < 1.29 is 0 Å². The van der Waals surface area contributed by atoms with Crippen molar-refractivity contribution in [3.63, 3.8) is 0 Å². The van der Waals surface area contributed by atoms with E-state index in [2.05, 4.69) is 126 Å². The van der Waals surface area contributed by atoms with Gasteiger partial charge >= 0.3 is 0 Å². The summed E-state index contributed by atoms with van der Waals surface area (Å²) in [7, 11) is 0. The molecule has 1 aliphatic heterocycles. The van der Waals surface area contributed by atoms with Crippen LogP contribution in [0, 0.1) is 3.57 Å². The summed E-state index contributed by atoms with van der Waals surface area (Å²) in [5.41, 5.74) is 8.36. The third-order valence-corrected chi connectivity index (χ3v) is 7.88. The normalized spacial score (nSPS) is 12.6. The molecule has 5 aromatic rings. The second-order valence-electron chi connectivity index (χ2n) is 8.15. The molecule has 0 unspecified atom stereocenters. The molecule has 0 aliphatic carbocycles. The lowest BCUT2D eigenvalue weighted by molar-refractivity contribution is 1.28. The summed E-state index contributed by atoms with van der Waals surface area (Å²) in [4.78, 5) is 6.16. The first-order chi connectivity index (χ1) is 16.2. The lowest BCUT2D eigenvalue weighted by Gasteiger charge is -2.14. The third kappa shape index (κ3) is 4.11. The third-order valence-electron chi connectivity index (χ3n) is 6.06. The highest BCUT2D eigenvalue weighted by atomic mass is 127. The standard InChI is InChI=1S/C30H20INS/c31-27-13-10-20(11-14-27)22-6-7-24-18-25(9-8-23(24)17-22)26-12-15-29(32-19-26)28-5-1-3-21-4-2-16-33-30(21)28/h1-15,17-19H,16H2. The van der Waals surface area contributed by atoms with Crippen molar-refractivity contribution in [3.05, 3.63) is 112 Å². The van der Waals surface area contributed by atoms with Gasteiger partial charge in [-0.2, -0.15) is 0 Å². The highest BCUT2D eigenvalue weighted by Gasteiger charge is 2.13. The number of rotatable bonds is 3. The van der Waals surface area contributed by atoms with Crippen LogP contribution in [0.1, 0.15) is 5.56 Å². The van der Waals surface area contributed by atoms with Gasteiger partial charge < -0.3 is 0 Å². The van der Waals surface area contributed by atoms with Crippen molar-refractivity contribution in [1.29, 1.82) is 0 Å². The number of thioether (sulfide) groups is 1. The molecule has 0 amide bonds. The molecule has 1 aliphatic rings. The number of halogens is 1. The average Bonchev–Trinajstić information content (AvgIpc) is 2.88. The molecule has 33 heavy (non-hydrogen) atoms. The van der Waals surface area contributed by atoms with E-state index in [0.717, 1.165) is 17.0 Å². The maximum atomic E-state index is 4.84. The number of pyridine rings is 1. The van der Waals surface area contributed by atoms with Crippen LogP contribution in [0.5, 0.6) is 0 Å². The molecule has 1 nitrogen and oxygen atoms in total. The molecule has 2 heterocycles. The van der Waals surface area contributed by atoms with E-state index in [1.54, 1.807) is 0 Å². The second-order valence-corrected chi connectivity index (χ2v) is 10.4. The molecule has 1 aromatic heterocycles. The SMILES string of the molecule is Ic1ccc(-c2ccc3cc(-c4ccc(-c5cccc6c5SCC=C6)nc4)ccc3c2)cc1. The quantitative estimate of drug-likeness (QED) is 0.207. The number of fused-ring (bicyclic) bond motifs is 2. The summed E-state index contributed by atoms with van der Waals surface area (Å²) in [6.07, 6.45) is 6.43. The van der Waals surface area contributed by atoms with Crippen molar-refractivity contribution in [1.82, 2.24) is 4.98 Å². The van der Waals surface area contributed by atoms with Gasteiger partial charge in [0.15, 0.2) is 0 Å². The Kier molecular flexibility index (Phi) is 5.52. The molecule has 0 bridgehead atoms. The number of nitrogens with zero attached hydrogens (tertiary/aromatic N) is 1. The van der Waals surface area contributed by atoms with Crippen molar-refractivity contribution in [3.8, 4) is 33.5 Å². The van der Waals surface area contributed by atoms with Gasteiger partial charge in [0.2, 0.25) is 0 Å². The molecule has 0 atom stereocenters. The second kappa shape index (κ2) is 8.81. The monoisotopic (exact) mass is 553 g/mol. The van der Waals surface area contributed by atoms with Crippen LogP contribution in [0.4, 0.5) is 0 Å². The van der Waals surface area contributed by atoms with Gasteiger partial charge in [0.05, 0.1) is 5.69 Å². The fourth-order valence-electron chi connectivity index (χ4n) is 4.33. The van der Waals surface area contributed by atoms with Crippen LogP contribution in [0.15, 0.2) is 108 Å². The Labute approximate surface area is 211 Å². The zero-order chi connectivity index (χ0) is 22.2. The molecule has 0 fully saturated rings. The predicted molar refractivity (Wildman–Crippen MR) is 151 cm³/mol. The minimum Gasteiger partial charge on any atom is -0.256 e. The van der Waals surface area contributed by atoms with Gasteiger partial charge in [-0.15, -0.1) is 11.8 Å². The largest absolute Gasteiger partial charge is 0.256 e. The van der Waals surface area contributed by atoms with Gasteiger partial charge in [-0.3, -0.25) is 4.98 Å². The molecule has 0 saturated carbocycles. The Balaban J connectivity index is 1.32. The molecule has 0 radical (unpaired) electrons. The van der Waals surface area contributed by atoms with Crippen molar-refractivity contribution in [2.24, 2.45) is 0 Å². The fraction of sp³-hybridized carbons (Fsp3) is 0.0333. The summed E-state index contributed by atoms with van der Waals surface area (Å²) >= 11 is 4.23. The topological polar surface area (TPSA) is 12.9 Å². The highest BCUT2D eigenvalue weighted by molar-refractivity contribution is 14.1. The lowest BCUT2D eigenvalue weighted by atomic mass is 9.98. The highest BCUT2D eigenvalue weighted by Crippen LogP contribution is 2.37. The fourth-order valence-corrected chi connectivity index (χ4v) is 5.68. The smallest absolute Gasteiger partial charge is 0.0713 e. The van der Waals surface area contributed by atoms with Crippen LogP contribution < -0.4 is 0 Å². The number of hydrogen-bond donors (Lipinski definition) is 0. The first-order valence-corrected chi connectivity index (χ1v) is 13.0. The van der Waals surface area contributed by atoms with Gasteiger partial charge in [-0.1, -0.05) is 72.8 Å². The average molecular weight is 553 g/mol. The molecule has 6 rings (SSSR count). The Bertz CT molecular complexity index is 1500. The minimum atomic E-state index is 1.02. The minimum absolute atomic E-state index is 1.02. The van der Waals surface area contributed by atoms with E-state index in [0.29, 0.717) is 0 Å². The number of benzene rings is 4. The molecule has 0 saturated heterocycles. The van der Waals surface area contributed by atoms with Crippen LogP contribution >= 0.6 is 34.4 Å². The van der Waals surface area contributed by atoms with E-state index >= 15 is 0 Å². The zero-order valence-electron chi connectivity index (χ0n) is 17.8. The van der Waals surface area contributed by atoms with Crippen molar-refractivity contribution >= 4 is 51.2 Å². The van der Waals surface area contributed by atoms with E-state index in [9.17, 15) is 0 Å². The van der Waals surface area contributed by atoms with E-state index in [4.69, 9.17) is 4.98 Å². The Morgan fingerprint density at radius 3 is 2.12 bits per heavy atom. The maximum absolute atomic E-state index is 4.84. The van der Waals surface area contributed by atoms with Gasteiger partial charge in [0, 0.05) is 31.5 Å². The Hall–Kier alpha value is -2.89. The van der Waals surface area contributed by atoms with Gasteiger partial charge in [0.1, 0.15) is 0 Å². The molecular formula is C30H20INS. The summed E-state index contributed by atoms with van der Waals surface area (Å²) < 4.78 is 1.25. The first-order valence-electron chi connectivity index (χ1n) is 10.9. The van der Waals surface area contributed by atoms with E-state index in [-0.39, 0.29) is 0 Å². The molecule has 4 aromatic carbocycles. The van der Waals surface area contributed by atoms with Crippen molar-refractivity contribution in [2.45, 2.75) is 4.90 Å². The summed E-state index contributed by atoms with van der Waals surface area (Å²) in [5.74, 6) is 1.02. The van der Waals surface area contributed by atoms with Crippen LogP contribution in [-0.4, -0.2) is 10.7 Å². The maximum Gasteiger partial charge on any atom is 0.0713 e. The number of aromatic nitrogens is 1. The van der Waals surface area contributed by atoms with Crippen LogP contribution in [-0.2, 0) is 0 Å². The lowest BCUT2D eigenvalue weighted by Crippen LogP contribution is -1.93.